The molecule has 0 atom stereocenters. The molecule has 0 unspecified atom stereocenters. The van der Waals surface area contributed by atoms with E-state index in [-0.39, 0.29) is 12.1 Å². The van der Waals surface area contributed by atoms with Gasteiger partial charge in [-0.25, -0.2) is 8.78 Å². The first-order chi connectivity index (χ1) is 9.06. The maximum Gasteiger partial charge on any atom is 0.205 e. The topological polar surface area (TPSA) is 37.8 Å². The zero-order chi connectivity index (χ0) is 13.8. The normalized spacial score (nSPS) is 11.0. The fourth-order valence-corrected chi connectivity index (χ4v) is 2.56. The summed E-state index contributed by atoms with van der Waals surface area (Å²) in [6.45, 7) is 4.41. The van der Waals surface area contributed by atoms with Crippen molar-refractivity contribution in [2.75, 3.05) is 5.32 Å². The van der Waals surface area contributed by atoms with Crippen molar-refractivity contribution in [1.29, 1.82) is 0 Å². The fraction of sp³-hybridized carbons (Fsp3) is 0.385. The number of anilines is 1. The van der Waals surface area contributed by atoms with Crippen molar-refractivity contribution in [3.8, 4) is 0 Å². The van der Waals surface area contributed by atoms with E-state index in [1.807, 2.05) is 0 Å². The Hall–Kier alpha value is -1.56. The van der Waals surface area contributed by atoms with E-state index in [4.69, 9.17) is 0 Å². The zero-order valence-electron chi connectivity index (χ0n) is 10.8. The van der Waals surface area contributed by atoms with Gasteiger partial charge in [-0.1, -0.05) is 37.3 Å². The molecule has 0 amide bonds. The van der Waals surface area contributed by atoms with E-state index in [1.165, 1.54) is 17.4 Å². The number of nitrogens with zero attached hydrogens (tertiary/aromatic N) is 2. The van der Waals surface area contributed by atoms with E-state index in [0.29, 0.717) is 11.0 Å². The molecule has 1 heterocycles. The SMILES string of the molecule is CC(C)Cc1nnc(NCc2cccc(F)c2F)s1. The molecule has 0 saturated carbocycles. The predicted molar refractivity (Wildman–Crippen MR) is 72.1 cm³/mol. The molecular weight excluding hydrogens is 268 g/mol. The summed E-state index contributed by atoms with van der Waals surface area (Å²) in [5.74, 6) is -1.14. The molecule has 0 aliphatic heterocycles. The van der Waals surface area contributed by atoms with Gasteiger partial charge in [0.25, 0.3) is 0 Å². The summed E-state index contributed by atoms with van der Waals surface area (Å²) in [6.07, 6.45) is 0.869. The van der Waals surface area contributed by atoms with Crippen molar-refractivity contribution in [2.45, 2.75) is 26.8 Å². The number of rotatable bonds is 5. The lowest BCUT2D eigenvalue weighted by Gasteiger charge is -2.04. The van der Waals surface area contributed by atoms with E-state index in [0.717, 1.165) is 17.5 Å². The van der Waals surface area contributed by atoms with Crippen LogP contribution >= 0.6 is 11.3 Å². The van der Waals surface area contributed by atoms with E-state index in [9.17, 15) is 8.78 Å². The Morgan fingerprint density at radius 2 is 2.05 bits per heavy atom. The van der Waals surface area contributed by atoms with E-state index < -0.39 is 11.6 Å². The van der Waals surface area contributed by atoms with Gasteiger partial charge in [-0.3, -0.25) is 0 Å². The van der Waals surface area contributed by atoms with E-state index >= 15 is 0 Å². The first-order valence-electron chi connectivity index (χ1n) is 6.05. The molecule has 2 aromatic rings. The van der Waals surface area contributed by atoms with Crippen LogP contribution in [0, 0.1) is 17.6 Å². The first-order valence-corrected chi connectivity index (χ1v) is 6.87. The van der Waals surface area contributed by atoms with Crippen molar-refractivity contribution in [3.63, 3.8) is 0 Å². The second-order valence-electron chi connectivity index (χ2n) is 4.67. The predicted octanol–water partition coefficient (Wildman–Crippen LogP) is 3.63. The smallest absolute Gasteiger partial charge is 0.205 e. The van der Waals surface area contributed by atoms with Gasteiger partial charge in [0.1, 0.15) is 5.01 Å². The Bertz CT molecular complexity index is 555. The first kappa shape index (κ1) is 13.9. The molecule has 1 aromatic carbocycles. The van der Waals surface area contributed by atoms with Crippen LogP contribution in [-0.4, -0.2) is 10.2 Å². The molecule has 3 nitrogen and oxygen atoms in total. The minimum absolute atomic E-state index is 0.194. The van der Waals surface area contributed by atoms with Gasteiger partial charge in [-0.05, 0) is 12.0 Å². The number of halogens is 2. The van der Waals surface area contributed by atoms with Crippen LogP contribution < -0.4 is 5.32 Å². The monoisotopic (exact) mass is 283 g/mol. The Morgan fingerprint density at radius 1 is 1.26 bits per heavy atom. The fourth-order valence-electron chi connectivity index (χ4n) is 1.61. The highest BCUT2D eigenvalue weighted by molar-refractivity contribution is 7.15. The molecule has 1 N–H and O–H groups in total. The third-order valence-corrected chi connectivity index (χ3v) is 3.41. The maximum absolute atomic E-state index is 13.4. The van der Waals surface area contributed by atoms with Gasteiger partial charge < -0.3 is 5.32 Å². The average Bonchev–Trinajstić information content (AvgIpc) is 2.78. The molecule has 0 fully saturated rings. The molecule has 2 rings (SSSR count). The van der Waals surface area contributed by atoms with Gasteiger partial charge in [0.15, 0.2) is 11.6 Å². The van der Waals surface area contributed by atoms with E-state index in [1.54, 1.807) is 6.07 Å². The van der Waals surface area contributed by atoms with Crippen molar-refractivity contribution in [2.24, 2.45) is 5.92 Å². The molecule has 0 saturated heterocycles. The van der Waals surface area contributed by atoms with Crippen LogP contribution in [0.1, 0.15) is 24.4 Å². The molecule has 0 radical (unpaired) electrons. The summed E-state index contributed by atoms with van der Waals surface area (Å²) in [7, 11) is 0. The lowest BCUT2D eigenvalue weighted by Crippen LogP contribution is -2.02. The maximum atomic E-state index is 13.4. The number of aromatic nitrogens is 2. The molecule has 0 spiro atoms. The Balaban J connectivity index is 1.98. The van der Waals surface area contributed by atoms with Crippen LogP contribution in [0.3, 0.4) is 0 Å². The van der Waals surface area contributed by atoms with Crippen molar-refractivity contribution >= 4 is 16.5 Å². The Kier molecular flexibility index (Phi) is 4.42. The molecule has 19 heavy (non-hydrogen) atoms. The van der Waals surface area contributed by atoms with Gasteiger partial charge >= 0.3 is 0 Å². The van der Waals surface area contributed by atoms with E-state index in [2.05, 4.69) is 29.4 Å². The molecule has 0 bridgehead atoms. The molecule has 0 aliphatic carbocycles. The number of hydrogen-bond acceptors (Lipinski definition) is 4. The third-order valence-electron chi connectivity index (χ3n) is 2.51. The minimum atomic E-state index is -0.836. The molecular formula is C13H15F2N3S. The van der Waals surface area contributed by atoms with Gasteiger partial charge in [0.2, 0.25) is 5.13 Å². The number of nitrogens with one attached hydrogen (secondary N) is 1. The van der Waals surface area contributed by atoms with Gasteiger partial charge in [0.05, 0.1) is 0 Å². The highest BCUT2D eigenvalue weighted by Gasteiger charge is 2.09. The van der Waals surface area contributed by atoms with Crippen LogP contribution in [0.5, 0.6) is 0 Å². The molecule has 102 valence electrons. The standard InChI is InChI=1S/C13H15F2N3S/c1-8(2)6-11-17-18-13(19-11)16-7-9-4-3-5-10(14)12(9)15/h3-5,8H,6-7H2,1-2H3,(H,16,18). The van der Waals surface area contributed by atoms with Crippen LogP contribution in [0.25, 0.3) is 0 Å². The van der Waals surface area contributed by atoms with Crippen molar-refractivity contribution < 1.29 is 8.78 Å². The number of benzene rings is 1. The summed E-state index contributed by atoms with van der Waals surface area (Å²) >= 11 is 1.44. The summed E-state index contributed by atoms with van der Waals surface area (Å²) < 4.78 is 26.5. The third kappa shape index (κ3) is 3.70. The molecule has 1 aromatic heterocycles. The highest BCUT2D eigenvalue weighted by Crippen LogP contribution is 2.20. The van der Waals surface area contributed by atoms with Crippen LogP contribution in [-0.2, 0) is 13.0 Å². The lowest BCUT2D eigenvalue weighted by molar-refractivity contribution is 0.500. The average molecular weight is 283 g/mol. The quantitative estimate of drug-likeness (QED) is 0.910. The van der Waals surface area contributed by atoms with Crippen molar-refractivity contribution in [1.82, 2.24) is 10.2 Å². The number of hydrogen-bond donors (Lipinski definition) is 1. The minimum Gasteiger partial charge on any atom is -0.356 e. The highest BCUT2D eigenvalue weighted by atomic mass is 32.1. The van der Waals surface area contributed by atoms with Crippen LogP contribution in [0.2, 0.25) is 0 Å². The second-order valence-corrected chi connectivity index (χ2v) is 5.73. The zero-order valence-corrected chi connectivity index (χ0v) is 11.6. The largest absolute Gasteiger partial charge is 0.356 e. The second kappa shape index (κ2) is 6.06. The molecule has 6 heteroatoms. The van der Waals surface area contributed by atoms with Gasteiger partial charge in [-0.15, -0.1) is 10.2 Å². The summed E-state index contributed by atoms with van der Waals surface area (Å²) in [5.41, 5.74) is 0.278. The van der Waals surface area contributed by atoms with Crippen molar-refractivity contribution in [3.05, 3.63) is 40.4 Å². The van der Waals surface area contributed by atoms with Crippen LogP contribution in [0.15, 0.2) is 18.2 Å². The summed E-state index contributed by atoms with van der Waals surface area (Å²) in [6, 6.07) is 4.13. The summed E-state index contributed by atoms with van der Waals surface area (Å²) in [4.78, 5) is 0. The van der Waals surface area contributed by atoms with Crippen LogP contribution in [0.4, 0.5) is 13.9 Å². The summed E-state index contributed by atoms with van der Waals surface area (Å²) in [5, 5.41) is 12.6. The Morgan fingerprint density at radius 3 is 2.79 bits per heavy atom. The Labute approximate surface area is 114 Å². The van der Waals surface area contributed by atoms with Gasteiger partial charge in [0, 0.05) is 18.5 Å². The lowest BCUT2D eigenvalue weighted by atomic mass is 10.1. The molecule has 0 aliphatic rings. The van der Waals surface area contributed by atoms with Gasteiger partial charge in [-0.2, -0.15) is 0 Å².